The lowest BCUT2D eigenvalue weighted by molar-refractivity contribution is -0.154. The average Bonchev–Trinajstić information content (AvgIpc) is 3.06. The minimum absolute atomic E-state index is 0.0511. The van der Waals surface area contributed by atoms with E-state index in [-0.39, 0.29) is 18.2 Å². The van der Waals surface area contributed by atoms with Crippen LogP contribution in [0.1, 0.15) is 31.5 Å². The molecule has 0 aliphatic rings. The van der Waals surface area contributed by atoms with Crippen molar-refractivity contribution in [2.75, 3.05) is 6.61 Å². The maximum absolute atomic E-state index is 13.0. The minimum Gasteiger partial charge on any atom is -0.468 e. The Kier molecular flexibility index (Phi) is 6.66. The zero-order chi connectivity index (χ0) is 21.7. The van der Waals surface area contributed by atoms with Crippen LogP contribution in [0.3, 0.4) is 0 Å². The van der Waals surface area contributed by atoms with Crippen molar-refractivity contribution in [3.05, 3.63) is 75.1 Å². The van der Waals surface area contributed by atoms with Crippen LogP contribution in [0, 0.1) is 12.7 Å². The van der Waals surface area contributed by atoms with Crippen molar-refractivity contribution in [2.24, 2.45) is 0 Å². The molecule has 2 heterocycles. The summed E-state index contributed by atoms with van der Waals surface area (Å²) in [6.45, 7) is 0.178. The number of carbonyl (C=O) groups is 1. The molecule has 0 bridgehead atoms. The minimum atomic E-state index is -4.49. The quantitative estimate of drug-likeness (QED) is 0.553. The molecule has 1 N–H and O–H groups in total. The predicted molar refractivity (Wildman–Crippen MR) is 103 cm³/mol. The second-order valence-corrected chi connectivity index (χ2v) is 7.46. The molecular formula is C20H17F4N3O2S. The average molecular weight is 439 g/mol. The number of nitrogens with one attached hydrogen (secondary N) is 1. The largest absolute Gasteiger partial charge is 0.468 e. The van der Waals surface area contributed by atoms with E-state index in [1.807, 2.05) is 0 Å². The van der Waals surface area contributed by atoms with Gasteiger partial charge in [-0.3, -0.25) is 4.79 Å². The molecule has 5 nitrogen and oxygen atoms in total. The molecule has 30 heavy (non-hydrogen) atoms. The normalized spacial score (nSPS) is 11.4. The van der Waals surface area contributed by atoms with E-state index < -0.39 is 18.7 Å². The summed E-state index contributed by atoms with van der Waals surface area (Å²) >= 11 is 1.21. The van der Waals surface area contributed by atoms with Crippen molar-refractivity contribution in [1.29, 1.82) is 0 Å². The second-order valence-electron chi connectivity index (χ2n) is 6.38. The predicted octanol–water partition coefficient (Wildman–Crippen LogP) is 4.45. The Morgan fingerprint density at radius 3 is 2.63 bits per heavy atom. The molecule has 0 unspecified atom stereocenters. The number of halogens is 4. The van der Waals surface area contributed by atoms with Crippen LogP contribution in [0.4, 0.5) is 17.6 Å². The number of thiazole rings is 1. The van der Waals surface area contributed by atoms with Crippen LogP contribution < -0.4 is 10.1 Å². The van der Waals surface area contributed by atoms with Gasteiger partial charge in [0.2, 0.25) is 5.88 Å². The van der Waals surface area contributed by atoms with Crippen LogP contribution in [0.15, 0.2) is 42.6 Å². The fraction of sp³-hybridized carbons (Fsp3) is 0.250. The molecule has 158 valence electrons. The molecule has 0 atom stereocenters. The van der Waals surface area contributed by atoms with Crippen molar-refractivity contribution in [3.63, 3.8) is 0 Å². The third kappa shape index (κ3) is 5.99. The Hall–Kier alpha value is -3.01. The Balaban J connectivity index is 1.64. The lowest BCUT2D eigenvalue weighted by atomic mass is 10.1. The lowest BCUT2D eigenvalue weighted by Crippen LogP contribution is -2.24. The van der Waals surface area contributed by atoms with E-state index in [0.29, 0.717) is 27.6 Å². The molecule has 0 aliphatic heterocycles. The van der Waals surface area contributed by atoms with Gasteiger partial charge in [0, 0.05) is 24.7 Å². The molecule has 3 aromatic rings. The number of carbonyl (C=O) groups excluding carboxylic acids is 1. The van der Waals surface area contributed by atoms with Gasteiger partial charge in [-0.15, -0.1) is 11.3 Å². The molecular weight excluding hydrogens is 422 g/mol. The van der Waals surface area contributed by atoms with E-state index in [2.05, 4.69) is 15.3 Å². The van der Waals surface area contributed by atoms with Gasteiger partial charge in [0.15, 0.2) is 6.61 Å². The topological polar surface area (TPSA) is 64.1 Å². The van der Waals surface area contributed by atoms with E-state index in [4.69, 9.17) is 4.74 Å². The van der Waals surface area contributed by atoms with Crippen molar-refractivity contribution in [1.82, 2.24) is 15.3 Å². The molecule has 0 saturated carbocycles. The summed E-state index contributed by atoms with van der Waals surface area (Å²) in [4.78, 5) is 21.1. The summed E-state index contributed by atoms with van der Waals surface area (Å²) in [7, 11) is 0. The first-order valence-electron chi connectivity index (χ1n) is 8.83. The van der Waals surface area contributed by atoms with Crippen LogP contribution in [0.2, 0.25) is 0 Å². The maximum atomic E-state index is 13.0. The standard InChI is InChI=1S/C20H17F4N3O2S/c1-12-17(30-16(27-12)9-13-4-6-15(21)7-5-13)18(28)26-10-14-3-2-8-25-19(14)29-11-20(22,23)24/h2-8H,9-11H2,1H3,(H,26,28). The number of amides is 1. The number of ether oxygens (including phenoxy) is 1. The van der Waals surface area contributed by atoms with Gasteiger partial charge in [-0.1, -0.05) is 18.2 Å². The second kappa shape index (κ2) is 9.21. The molecule has 0 aliphatic carbocycles. The number of nitrogens with zero attached hydrogens (tertiary/aromatic N) is 2. The first-order chi connectivity index (χ1) is 14.2. The summed E-state index contributed by atoms with van der Waals surface area (Å²) in [6, 6.07) is 9.08. The van der Waals surface area contributed by atoms with Gasteiger partial charge in [-0.25, -0.2) is 14.4 Å². The van der Waals surface area contributed by atoms with Crippen molar-refractivity contribution < 1.29 is 27.1 Å². The van der Waals surface area contributed by atoms with Gasteiger partial charge in [0.05, 0.1) is 10.7 Å². The van der Waals surface area contributed by atoms with Crippen LogP contribution in [0.5, 0.6) is 5.88 Å². The number of pyridine rings is 1. The van der Waals surface area contributed by atoms with Gasteiger partial charge in [-0.05, 0) is 30.7 Å². The van der Waals surface area contributed by atoms with Gasteiger partial charge in [0.1, 0.15) is 10.7 Å². The summed E-state index contributed by atoms with van der Waals surface area (Å²) in [5.41, 5.74) is 1.72. The summed E-state index contributed by atoms with van der Waals surface area (Å²) in [6.07, 6.45) is -2.72. The highest BCUT2D eigenvalue weighted by atomic mass is 32.1. The van der Waals surface area contributed by atoms with Crippen LogP contribution in [0.25, 0.3) is 0 Å². The first kappa shape index (κ1) is 21.7. The fourth-order valence-corrected chi connectivity index (χ4v) is 3.63. The number of aromatic nitrogens is 2. The number of benzene rings is 1. The molecule has 0 radical (unpaired) electrons. The molecule has 1 amide bonds. The monoisotopic (exact) mass is 439 g/mol. The lowest BCUT2D eigenvalue weighted by Gasteiger charge is -2.12. The number of hydrogen-bond donors (Lipinski definition) is 1. The van der Waals surface area contributed by atoms with Crippen molar-refractivity contribution in [3.8, 4) is 5.88 Å². The highest BCUT2D eigenvalue weighted by Gasteiger charge is 2.29. The Morgan fingerprint density at radius 2 is 1.93 bits per heavy atom. The van der Waals surface area contributed by atoms with Crippen LogP contribution in [-0.4, -0.2) is 28.7 Å². The molecule has 1 aromatic carbocycles. The van der Waals surface area contributed by atoms with Gasteiger partial charge in [-0.2, -0.15) is 13.2 Å². The van der Waals surface area contributed by atoms with Crippen molar-refractivity contribution >= 4 is 17.2 Å². The Labute approximate surface area is 173 Å². The molecule has 0 fully saturated rings. The number of aryl methyl sites for hydroxylation is 1. The Bertz CT molecular complexity index is 1020. The zero-order valence-electron chi connectivity index (χ0n) is 15.8. The highest BCUT2D eigenvalue weighted by Crippen LogP contribution is 2.23. The number of rotatable bonds is 7. The fourth-order valence-electron chi connectivity index (χ4n) is 2.61. The zero-order valence-corrected chi connectivity index (χ0v) is 16.6. The SMILES string of the molecule is Cc1nc(Cc2ccc(F)cc2)sc1C(=O)NCc1cccnc1OCC(F)(F)F. The number of hydrogen-bond acceptors (Lipinski definition) is 5. The van der Waals surface area contributed by atoms with E-state index in [1.165, 1.54) is 35.7 Å². The van der Waals surface area contributed by atoms with Gasteiger partial charge >= 0.3 is 6.18 Å². The summed E-state index contributed by atoms with van der Waals surface area (Å²) in [5, 5.41) is 3.35. The van der Waals surface area contributed by atoms with E-state index in [9.17, 15) is 22.4 Å². The van der Waals surface area contributed by atoms with E-state index in [0.717, 1.165) is 5.56 Å². The Morgan fingerprint density at radius 1 is 1.20 bits per heavy atom. The maximum Gasteiger partial charge on any atom is 0.422 e. The highest BCUT2D eigenvalue weighted by molar-refractivity contribution is 7.13. The van der Waals surface area contributed by atoms with Crippen molar-refractivity contribution in [2.45, 2.75) is 26.1 Å². The van der Waals surface area contributed by atoms with E-state index >= 15 is 0 Å². The molecule has 0 spiro atoms. The molecule has 2 aromatic heterocycles. The molecule has 3 rings (SSSR count). The van der Waals surface area contributed by atoms with E-state index in [1.54, 1.807) is 25.1 Å². The third-order valence-electron chi connectivity index (χ3n) is 3.98. The number of alkyl halides is 3. The van der Waals surface area contributed by atoms with Crippen LogP contribution >= 0.6 is 11.3 Å². The smallest absolute Gasteiger partial charge is 0.422 e. The molecule has 10 heteroatoms. The summed E-state index contributed by atoms with van der Waals surface area (Å²) in [5.74, 6) is -0.919. The molecule has 0 saturated heterocycles. The van der Waals surface area contributed by atoms with Crippen LogP contribution in [-0.2, 0) is 13.0 Å². The van der Waals surface area contributed by atoms with Gasteiger partial charge < -0.3 is 10.1 Å². The summed E-state index contributed by atoms with van der Waals surface area (Å²) < 4.78 is 54.9. The van der Waals surface area contributed by atoms with Gasteiger partial charge in [0.25, 0.3) is 5.91 Å². The third-order valence-corrected chi connectivity index (χ3v) is 5.13. The first-order valence-corrected chi connectivity index (χ1v) is 9.65.